The number of anilines is 1. The van der Waals surface area contributed by atoms with Gasteiger partial charge in [-0.05, 0) is 79.0 Å². The van der Waals surface area contributed by atoms with E-state index in [9.17, 15) is 14.4 Å². The van der Waals surface area contributed by atoms with Crippen LogP contribution in [0.1, 0.15) is 49.8 Å². The van der Waals surface area contributed by atoms with Crippen molar-refractivity contribution in [3.8, 4) is 28.4 Å². The van der Waals surface area contributed by atoms with Crippen LogP contribution in [0, 0.1) is 0 Å². The summed E-state index contributed by atoms with van der Waals surface area (Å²) in [6.07, 6.45) is 5.74. The second-order valence-corrected chi connectivity index (χ2v) is 10.8. The van der Waals surface area contributed by atoms with Crippen LogP contribution < -0.4 is 35.6 Å². The van der Waals surface area contributed by atoms with Gasteiger partial charge in [-0.1, -0.05) is 6.07 Å². The van der Waals surface area contributed by atoms with Crippen LogP contribution in [-0.2, 0) is 16.0 Å². The van der Waals surface area contributed by atoms with Gasteiger partial charge in [0, 0.05) is 18.5 Å². The number of ether oxygens (including phenoxy) is 3. The van der Waals surface area contributed by atoms with Gasteiger partial charge < -0.3 is 30.2 Å². The SMILES string of the molecule is COc1cc2c(c(OC)c1OC)-c1ccc(N[C@H](CCSC)C(=O)NC3CC3)c(=O)cc1[C@@H](NC(C)=O)CC2. The molecule has 4 rings (SSSR count). The molecule has 2 aromatic carbocycles. The molecule has 0 heterocycles. The van der Waals surface area contributed by atoms with Gasteiger partial charge in [0.05, 0.1) is 33.1 Å². The summed E-state index contributed by atoms with van der Waals surface area (Å²) < 4.78 is 17.1. The molecule has 0 spiro atoms. The van der Waals surface area contributed by atoms with Gasteiger partial charge in [-0.3, -0.25) is 14.4 Å². The molecule has 3 N–H and O–H groups in total. The largest absolute Gasteiger partial charge is 0.493 e. The van der Waals surface area contributed by atoms with Crippen molar-refractivity contribution in [2.75, 3.05) is 38.7 Å². The van der Waals surface area contributed by atoms with Gasteiger partial charge in [-0.25, -0.2) is 0 Å². The molecule has 9 nitrogen and oxygen atoms in total. The Morgan fingerprint density at radius 2 is 1.77 bits per heavy atom. The maximum Gasteiger partial charge on any atom is 0.242 e. The summed E-state index contributed by atoms with van der Waals surface area (Å²) in [6.45, 7) is 1.47. The second-order valence-electron chi connectivity index (χ2n) is 9.86. The number of methoxy groups -OCH3 is 3. The predicted octanol–water partition coefficient (Wildman–Crippen LogP) is 3.68. The minimum atomic E-state index is -0.537. The normalized spacial score (nSPS) is 16.6. The molecule has 10 heteroatoms. The summed E-state index contributed by atoms with van der Waals surface area (Å²) in [5.74, 6) is 1.97. The minimum absolute atomic E-state index is 0.0982. The lowest BCUT2D eigenvalue weighted by atomic mass is 9.95. The maximum atomic E-state index is 13.6. The molecule has 210 valence electrons. The maximum absolute atomic E-state index is 13.6. The third kappa shape index (κ3) is 6.43. The van der Waals surface area contributed by atoms with E-state index >= 15 is 0 Å². The van der Waals surface area contributed by atoms with Crippen LogP contribution in [0.25, 0.3) is 11.1 Å². The van der Waals surface area contributed by atoms with Crippen molar-refractivity contribution in [3.63, 3.8) is 0 Å². The molecule has 0 aromatic heterocycles. The summed E-state index contributed by atoms with van der Waals surface area (Å²) in [4.78, 5) is 38.7. The van der Waals surface area contributed by atoms with Crippen LogP contribution in [0.4, 0.5) is 5.69 Å². The topological polar surface area (TPSA) is 115 Å². The van der Waals surface area contributed by atoms with Crippen molar-refractivity contribution in [1.82, 2.24) is 10.6 Å². The Hall–Kier alpha value is -3.40. The fraction of sp³-hybridized carbons (Fsp3) is 0.483. The van der Waals surface area contributed by atoms with E-state index in [-0.39, 0.29) is 23.3 Å². The molecule has 2 aromatic rings. The zero-order valence-corrected chi connectivity index (χ0v) is 24.0. The van der Waals surface area contributed by atoms with Crippen molar-refractivity contribution in [2.45, 2.75) is 57.2 Å². The number of hydrogen-bond donors (Lipinski definition) is 3. The lowest BCUT2D eigenvalue weighted by Gasteiger charge is -2.19. The number of nitrogens with one attached hydrogen (secondary N) is 3. The molecule has 2 aliphatic carbocycles. The van der Waals surface area contributed by atoms with E-state index < -0.39 is 12.1 Å². The molecule has 2 atom stereocenters. The average Bonchev–Trinajstić information content (AvgIpc) is 3.76. The molecule has 1 saturated carbocycles. The highest BCUT2D eigenvalue weighted by Gasteiger charge is 2.30. The smallest absolute Gasteiger partial charge is 0.242 e. The van der Waals surface area contributed by atoms with Crippen LogP contribution in [0.15, 0.2) is 29.1 Å². The van der Waals surface area contributed by atoms with Crippen LogP contribution in [0.2, 0.25) is 0 Å². The molecule has 39 heavy (non-hydrogen) atoms. The Bertz CT molecular complexity index is 1300. The third-order valence-corrected chi connectivity index (χ3v) is 7.74. The molecule has 0 unspecified atom stereocenters. The second kappa shape index (κ2) is 12.6. The zero-order chi connectivity index (χ0) is 28.1. The van der Waals surface area contributed by atoms with E-state index in [1.165, 1.54) is 6.92 Å². The Morgan fingerprint density at radius 3 is 2.38 bits per heavy atom. The minimum Gasteiger partial charge on any atom is -0.493 e. The Kier molecular flexibility index (Phi) is 9.27. The fourth-order valence-corrected chi connectivity index (χ4v) is 5.52. The highest BCUT2D eigenvalue weighted by atomic mass is 32.2. The number of fused-ring (bicyclic) bond motifs is 3. The van der Waals surface area contributed by atoms with Crippen LogP contribution >= 0.6 is 11.8 Å². The van der Waals surface area contributed by atoms with E-state index in [0.717, 1.165) is 35.3 Å². The van der Waals surface area contributed by atoms with Crippen molar-refractivity contribution in [2.24, 2.45) is 0 Å². The highest BCUT2D eigenvalue weighted by Crippen LogP contribution is 2.50. The molecular weight excluding hydrogens is 518 g/mol. The van der Waals surface area contributed by atoms with Gasteiger partial charge in [-0.15, -0.1) is 0 Å². The molecule has 0 saturated heterocycles. The van der Waals surface area contributed by atoms with Crippen molar-refractivity contribution < 1.29 is 23.8 Å². The molecule has 0 aliphatic heterocycles. The number of carbonyl (C=O) groups is 2. The quantitative estimate of drug-likeness (QED) is 0.385. The number of amides is 2. The number of benzene rings is 1. The van der Waals surface area contributed by atoms with Gasteiger partial charge in [0.2, 0.25) is 23.0 Å². The van der Waals surface area contributed by atoms with E-state index in [4.69, 9.17) is 14.2 Å². The number of aryl methyl sites for hydroxylation is 1. The van der Waals surface area contributed by atoms with Crippen molar-refractivity contribution >= 4 is 29.3 Å². The summed E-state index contributed by atoms with van der Waals surface area (Å²) in [5, 5.41) is 9.29. The summed E-state index contributed by atoms with van der Waals surface area (Å²) >= 11 is 1.65. The Balaban J connectivity index is 1.86. The zero-order valence-electron chi connectivity index (χ0n) is 23.1. The summed E-state index contributed by atoms with van der Waals surface area (Å²) in [6, 6.07) is 6.34. The van der Waals surface area contributed by atoms with Crippen molar-refractivity contribution in [3.05, 3.63) is 45.6 Å². The number of hydrogen-bond acceptors (Lipinski definition) is 8. The van der Waals surface area contributed by atoms with Crippen LogP contribution in [0.5, 0.6) is 17.2 Å². The fourth-order valence-electron chi connectivity index (χ4n) is 5.05. The molecular formula is C29H37N3O6S. The molecule has 0 radical (unpaired) electrons. The van der Waals surface area contributed by atoms with E-state index in [1.807, 2.05) is 18.4 Å². The van der Waals surface area contributed by atoms with Gasteiger partial charge >= 0.3 is 0 Å². The van der Waals surface area contributed by atoms with Gasteiger partial charge in [-0.2, -0.15) is 11.8 Å². The monoisotopic (exact) mass is 555 g/mol. The average molecular weight is 556 g/mol. The summed E-state index contributed by atoms with van der Waals surface area (Å²) in [5.41, 5.74) is 3.21. The standard InChI is InChI=1S/C29H37N3O6S/c1-16(33)30-21-10-6-17-14-25(36-2)27(37-3)28(38-4)26(17)19-9-11-22(24(34)15-20(19)21)32-23(12-13-39-5)29(35)31-18-7-8-18/h9,11,14-15,18,21,23H,6-8,10,12-13H2,1-5H3,(H,30,33)(H,31,35)(H,32,34)/t21-,23+/m0/s1. The molecule has 0 bridgehead atoms. The Labute approximate surface area is 233 Å². The van der Waals surface area contributed by atoms with Crippen LogP contribution in [0.3, 0.4) is 0 Å². The van der Waals surface area contributed by atoms with E-state index in [1.54, 1.807) is 45.2 Å². The lowest BCUT2D eigenvalue weighted by Crippen LogP contribution is -2.41. The first-order chi connectivity index (χ1) is 18.8. The lowest BCUT2D eigenvalue weighted by molar-refractivity contribution is -0.122. The molecule has 1 fully saturated rings. The first kappa shape index (κ1) is 28.6. The number of rotatable bonds is 11. The third-order valence-electron chi connectivity index (χ3n) is 7.10. The van der Waals surface area contributed by atoms with Gasteiger partial charge in [0.1, 0.15) is 6.04 Å². The number of carbonyl (C=O) groups excluding carboxylic acids is 2. The van der Waals surface area contributed by atoms with E-state index in [0.29, 0.717) is 47.8 Å². The highest BCUT2D eigenvalue weighted by molar-refractivity contribution is 7.98. The first-order valence-electron chi connectivity index (χ1n) is 13.1. The summed E-state index contributed by atoms with van der Waals surface area (Å²) in [7, 11) is 4.69. The van der Waals surface area contributed by atoms with Gasteiger partial charge in [0.15, 0.2) is 11.5 Å². The molecule has 2 amide bonds. The number of thioether (sulfide) groups is 1. The Morgan fingerprint density at radius 1 is 1.03 bits per heavy atom. The van der Waals surface area contributed by atoms with Crippen LogP contribution in [-0.4, -0.2) is 57.2 Å². The molecule has 2 aliphatic rings. The van der Waals surface area contributed by atoms with Gasteiger partial charge in [0.25, 0.3) is 0 Å². The van der Waals surface area contributed by atoms with E-state index in [2.05, 4.69) is 16.0 Å². The first-order valence-corrected chi connectivity index (χ1v) is 14.5. The van der Waals surface area contributed by atoms with Crippen molar-refractivity contribution in [1.29, 1.82) is 0 Å². The predicted molar refractivity (Wildman–Crippen MR) is 154 cm³/mol.